The predicted molar refractivity (Wildman–Crippen MR) is 121 cm³/mol. The number of halogens is 2. The van der Waals surface area contributed by atoms with Gasteiger partial charge < -0.3 is 14.8 Å². The van der Waals surface area contributed by atoms with E-state index in [-0.39, 0.29) is 30.2 Å². The molecule has 33 heavy (non-hydrogen) atoms. The lowest BCUT2D eigenvalue weighted by molar-refractivity contribution is 0.0162. The van der Waals surface area contributed by atoms with Crippen LogP contribution in [0.15, 0.2) is 72.8 Å². The Labute approximate surface area is 191 Å². The Bertz CT molecular complexity index is 1050. The highest BCUT2D eigenvalue weighted by molar-refractivity contribution is 5.96. The number of rotatable bonds is 8. The van der Waals surface area contributed by atoms with E-state index in [1.807, 2.05) is 0 Å². The number of carbonyl (C=O) groups is 1. The molecule has 1 atom stereocenters. The number of hydrogen-bond donors (Lipinski definition) is 1. The van der Waals surface area contributed by atoms with Gasteiger partial charge in [-0.05, 0) is 47.5 Å². The van der Waals surface area contributed by atoms with E-state index in [0.717, 1.165) is 24.2 Å². The zero-order valence-electron chi connectivity index (χ0n) is 18.2. The molecule has 0 saturated carbocycles. The number of morpholine rings is 1. The lowest BCUT2D eigenvalue weighted by Crippen LogP contribution is -2.43. The fourth-order valence-corrected chi connectivity index (χ4v) is 3.84. The van der Waals surface area contributed by atoms with E-state index in [4.69, 9.17) is 9.47 Å². The summed E-state index contributed by atoms with van der Waals surface area (Å²) in [5.41, 5.74) is 2.15. The minimum Gasteiger partial charge on any atom is -0.488 e. The summed E-state index contributed by atoms with van der Waals surface area (Å²) in [6.07, 6.45) is 0. The highest BCUT2D eigenvalue weighted by Gasteiger charge is 2.24. The van der Waals surface area contributed by atoms with Gasteiger partial charge in [-0.1, -0.05) is 36.4 Å². The van der Waals surface area contributed by atoms with Gasteiger partial charge in [-0.15, -0.1) is 0 Å². The zero-order chi connectivity index (χ0) is 23.0. The first-order valence-corrected chi connectivity index (χ1v) is 10.9. The lowest BCUT2D eigenvalue weighted by atomic mass is 10.0. The molecule has 1 heterocycles. The van der Waals surface area contributed by atoms with Crippen LogP contribution in [0.4, 0.5) is 8.78 Å². The van der Waals surface area contributed by atoms with E-state index in [0.29, 0.717) is 31.1 Å². The number of hydrogen-bond acceptors (Lipinski definition) is 4. The second kappa shape index (κ2) is 11.0. The topological polar surface area (TPSA) is 50.8 Å². The van der Waals surface area contributed by atoms with Gasteiger partial charge in [0.2, 0.25) is 0 Å². The van der Waals surface area contributed by atoms with Gasteiger partial charge in [0.1, 0.15) is 24.0 Å². The quantitative estimate of drug-likeness (QED) is 0.552. The first-order valence-electron chi connectivity index (χ1n) is 10.9. The molecule has 0 radical (unpaired) electrons. The van der Waals surface area contributed by atoms with Crippen molar-refractivity contribution in [3.05, 3.63) is 101 Å². The molecule has 0 aliphatic carbocycles. The van der Waals surface area contributed by atoms with E-state index >= 15 is 0 Å². The third kappa shape index (κ3) is 6.15. The second-order valence-electron chi connectivity index (χ2n) is 7.84. The number of benzene rings is 3. The van der Waals surface area contributed by atoms with Crippen molar-refractivity contribution in [2.45, 2.75) is 12.6 Å². The molecule has 7 heteroatoms. The summed E-state index contributed by atoms with van der Waals surface area (Å²) in [6.45, 7) is 3.27. The average molecular weight is 453 g/mol. The lowest BCUT2D eigenvalue weighted by Gasteiger charge is -2.35. The van der Waals surface area contributed by atoms with Crippen LogP contribution in [0, 0.1) is 11.6 Å². The molecule has 1 saturated heterocycles. The van der Waals surface area contributed by atoms with Crippen LogP contribution in [-0.4, -0.2) is 43.7 Å². The van der Waals surface area contributed by atoms with Gasteiger partial charge in [-0.25, -0.2) is 8.78 Å². The van der Waals surface area contributed by atoms with Gasteiger partial charge >= 0.3 is 0 Å². The molecule has 4 rings (SSSR count). The van der Waals surface area contributed by atoms with Gasteiger partial charge in [0.05, 0.1) is 24.8 Å². The van der Waals surface area contributed by atoms with E-state index < -0.39 is 0 Å². The zero-order valence-corrected chi connectivity index (χ0v) is 18.2. The van der Waals surface area contributed by atoms with E-state index in [1.165, 1.54) is 24.3 Å². The van der Waals surface area contributed by atoms with Gasteiger partial charge in [0.15, 0.2) is 0 Å². The van der Waals surface area contributed by atoms with Crippen LogP contribution >= 0.6 is 0 Å². The Morgan fingerprint density at radius 2 is 1.58 bits per heavy atom. The van der Waals surface area contributed by atoms with Crippen molar-refractivity contribution >= 4 is 5.91 Å². The molecule has 1 unspecified atom stereocenters. The highest BCUT2D eigenvalue weighted by Crippen LogP contribution is 2.23. The summed E-state index contributed by atoms with van der Waals surface area (Å²) in [4.78, 5) is 15.3. The van der Waals surface area contributed by atoms with E-state index in [9.17, 15) is 13.6 Å². The molecule has 0 spiro atoms. The summed E-state index contributed by atoms with van der Waals surface area (Å²) in [5.74, 6) is -0.417. The molecule has 5 nitrogen and oxygen atoms in total. The third-order valence-corrected chi connectivity index (χ3v) is 5.64. The summed E-state index contributed by atoms with van der Waals surface area (Å²) in [6, 6.07) is 19.3. The second-order valence-corrected chi connectivity index (χ2v) is 7.84. The number of nitrogens with zero attached hydrogens (tertiary/aromatic N) is 1. The minimum atomic E-state index is -0.311. The molecule has 172 valence electrons. The van der Waals surface area contributed by atoms with Crippen molar-refractivity contribution < 1.29 is 23.0 Å². The summed E-state index contributed by atoms with van der Waals surface area (Å²) in [5, 5.41) is 3.01. The molecule has 1 aliphatic heterocycles. The van der Waals surface area contributed by atoms with Crippen LogP contribution < -0.4 is 10.1 Å². The molecule has 3 aromatic rings. The Morgan fingerprint density at radius 1 is 0.939 bits per heavy atom. The number of ether oxygens (including phenoxy) is 2. The fourth-order valence-electron chi connectivity index (χ4n) is 3.84. The number of carbonyl (C=O) groups excluding carboxylic acids is 1. The van der Waals surface area contributed by atoms with Crippen molar-refractivity contribution in [1.82, 2.24) is 10.2 Å². The van der Waals surface area contributed by atoms with Crippen molar-refractivity contribution in [2.75, 3.05) is 32.8 Å². The molecular formula is C26H26F2N2O3. The monoisotopic (exact) mass is 452 g/mol. The first-order chi connectivity index (χ1) is 16.1. The van der Waals surface area contributed by atoms with Crippen LogP contribution in [0.25, 0.3) is 0 Å². The molecule has 0 bridgehead atoms. The Balaban J connectivity index is 1.45. The third-order valence-electron chi connectivity index (χ3n) is 5.64. The van der Waals surface area contributed by atoms with Crippen molar-refractivity contribution in [2.24, 2.45) is 0 Å². The molecule has 1 aliphatic rings. The molecule has 0 aromatic heterocycles. The Morgan fingerprint density at radius 3 is 2.27 bits per heavy atom. The smallest absolute Gasteiger partial charge is 0.255 e. The van der Waals surface area contributed by atoms with Crippen molar-refractivity contribution in [3.8, 4) is 5.75 Å². The largest absolute Gasteiger partial charge is 0.488 e. The number of para-hydroxylation sites is 1. The maximum Gasteiger partial charge on any atom is 0.255 e. The fraction of sp³-hybridized carbons (Fsp3) is 0.269. The Hall–Kier alpha value is -3.29. The SMILES string of the molecule is O=C(NCC(c1ccc(F)cc1)N1CCOCC1)c1ccccc1OCc1ccc(F)cc1. The molecule has 1 amide bonds. The van der Waals surface area contributed by atoms with Crippen molar-refractivity contribution in [3.63, 3.8) is 0 Å². The maximum absolute atomic E-state index is 13.5. The molecule has 1 N–H and O–H groups in total. The Kier molecular flexibility index (Phi) is 7.65. The first kappa shape index (κ1) is 22.9. The normalized spacial score (nSPS) is 15.1. The van der Waals surface area contributed by atoms with Gasteiger partial charge in [-0.3, -0.25) is 9.69 Å². The van der Waals surface area contributed by atoms with Gasteiger partial charge in [0, 0.05) is 19.6 Å². The number of nitrogens with one attached hydrogen (secondary N) is 1. The molecule has 3 aromatic carbocycles. The minimum absolute atomic E-state index is 0.106. The summed E-state index contributed by atoms with van der Waals surface area (Å²) in [7, 11) is 0. The van der Waals surface area contributed by atoms with Crippen LogP contribution in [0.5, 0.6) is 5.75 Å². The standard InChI is InChI=1S/C26H26F2N2O3/c27-21-9-5-19(6-10-21)18-33-25-4-2-1-3-23(25)26(31)29-17-24(30-13-15-32-16-14-30)20-7-11-22(28)12-8-20/h1-12,24H,13-18H2,(H,29,31). The van der Waals surface area contributed by atoms with Crippen LogP contribution in [0.2, 0.25) is 0 Å². The van der Waals surface area contributed by atoms with E-state index in [1.54, 1.807) is 48.5 Å². The summed E-state index contributed by atoms with van der Waals surface area (Å²) >= 11 is 0. The highest BCUT2D eigenvalue weighted by atomic mass is 19.1. The van der Waals surface area contributed by atoms with Crippen LogP contribution in [0.1, 0.15) is 27.5 Å². The molecule has 1 fully saturated rings. The summed E-state index contributed by atoms with van der Waals surface area (Å²) < 4.78 is 37.9. The van der Waals surface area contributed by atoms with Crippen LogP contribution in [-0.2, 0) is 11.3 Å². The molecular weight excluding hydrogens is 426 g/mol. The van der Waals surface area contributed by atoms with Crippen molar-refractivity contribution in [1.29, 1.82) is 0 Å². The van der Waals surface area contributed by atoms with E-state index in [2.05, 4.69) is 10.2 Å². The number of amides is 1. The predicted octanol–water partition coefficient (Wildman–Crippen LogP) is 4.35. The van der Waals surface area contributed by atoms with Gasteiger partial charge in [-0.2, -0.15) is 0 Å². The van der Waals surface area contributed by atoms with Crippen LogP contribution in [0.3, 0.4) is 0 Å². The average Bonchev–Trinajstić information content (AvgIpc) is 2.85. The maximum atomic E-state index is 13.5. The van der Waals surface area contributed by atoms with Gasteiger partial charge in [0.25, 0.3) is 5.91 Å².